The van der Waals surface area contributed by atoms with Gasteiger partial charge in [-0.25, -0.2) is 4.98 Å². The molecule has 3 rings (SSSR count). The molecule has 1 aromatic heterocycles. The van der Waals surface area contributed by atoms with Crippen molar-refractivity contribution in [1.82, 2.24) is 10.3 Å². The fourth-order valence-corrected chi connectivity index (χ4v) is 3.24. The molecule has 0 spiro atoms. The van der Waals surface area contributed by atoms with Gasteiger partial charge in [0.25, 0.3) is 11.8 Å². The number of piperidine rings is 1. The molecule has 148 valence electrons. The molecule has 6 heteroatoms. The zero-order valence-electron chi connectivity index (χ0n) is 16.7. The summed E-state index contributed by atoms with van der Waals surface area (Å²) in [6.07, 6.45) is 2.43. The Labute approximate surface area is 166 Å². The maximum Gasteiger partial charge on any atom is 0.274 e. The van der Waals surface area contributed by atoms with Crippen LogP contribution in [0.15, 0.2) is 42.5 Å². The van der Waals surface area contributed by atoms with E-state index >= 15 is 0 Å². The minimum Gasteiger partial charge on any atom is -0.372 e. The zero-order chi connectivity index (χ0) is 20.1. The summed E-state index contributed by atoms with van der Waals surface area (Å²) in [7, 11) is 0. The van der Waals surface area contributed by atoms with Gasteiger partial charge in [-0.1, -0.05) is 13.0 Å². The molecule has 0 radical (unpaired) electrons. The Morgan fingerprint density at radius 2 is 1.61 bits per heavy atom. The number of pyridine rings is 1. The van der Waals surface area contributed by atoms with E-state index < -0.39 is 0 Å². The molecule has 1 aliphatic rings. The van der Waals surface area contributed by atoms with Crippen LogP contribution in [0.3, 0.4) is 0 Å². The molecular weight excluding hydrogens is 352 g/mol. The molecule has 6 nitrogen and oxygen atoms in total. The van der Waals surface area contributed by atoms with Gasteiger partial charge < -0.3 is 15.5 Å². The molecule has 2 aromatic rings. The summed E-state index contributed by atoms with van der Waals surface area (Å²) in [6, 6.07) is 12.7. The number of carbonyl (C=O) groups is 2. The number of anilines is 2. The van der Waals surface area contributed by atoms with Crippen LogP contribution in [0.25, 0.3) is 0 Å². The first kappa shape index (κ1) is 19.9. The van der Waals surface area contributed by atoms with Crippen LogP contribution in [0, 0.1) is 5.92 Å². The van der Waals surface area contributed by atoms with Crippen molar-refractivity contribution < 1.29 is 9.59 Å². The molecule has 2 heterocycles. The predicted molar refractivity (Wildman–Crippen MR) is 112 cm³/mol. The van der Waals surface area contributed by atoms with E-state index in [-0.39, 0.29) is 29.2 Å². The highest BCUT2D eigenvalue weighted by molar-refractivity contribution is 6.03. The van der Waals surface area contributed by atoms with Crippen molar-refractivity contribution in [3.63, 3.8) is 0 Å². The molecule has 28 heavy (non-hydrogen) atoms. The van der Waals surface area contributed by atoms with Crippen molar-refractivity contribution in [2.45, 2.75) is 39.7 Å². The van der Waals surface area contributed by atoms with E-state index in [1.165, 1.54) is 18.5 Å². The first-order valence-electron chi connectivity index (χ1n) is 9.86. The predicted octanol–water partition coefficient (Wildman–Crippen LogP) is 3.71. The number of hydrogen-bond acceptors (Lipinski definition) is 4. The van der Waals surface area contributed by atoms with Crippen molar-refractivity contribution >= 4 is 23.2 Å². The summed E-state index contributed by atoms with van der Waals surface area (Å²) < 4.78 is 0. The van der Waals surface area contributed by atoms with E-state index in [9.17, 15) is 9.59 Å². The second kappa shape index (κ2) is 8.87. The summed E-state index contributed by atoms with van der Waals surface area (Å²) in [5, 5.41) is 5.63. The maximum atomic E-state index is 12.5. The van der Waals surface area contributed by atoms with Gasteiger partial charge >= 0.3 is 0 Å². The highest BCUT2D eigenvalue weighted by Crippen LogP contribution is 2.24. The third kappa shape index (κ3) is 5.09. The highest BCUT2D eigenvalue weighted by atomic mass is 16.2. The average Bonchev–Trinajstić information content (AvgIpc) is 2.69. The molecule has 1 saturated heterocycles. The number of benzene rings is 1. The molecule has 0 atom stereocenters. The van der Waals surface area contributed by atoms with Crippen molar-refractivity contribution in [1.29, 1.82) is 0 Å². The molecule has 0 unspecified atom stereocenters. The zero-order valence-corrected chi connectivity index (χ0v) is 16.7. The number of carbonyl (C=O) groups excluding carboxylic acids is 2. The van der Waals surface area contributed by atoms with E-state index in [2.05, 4.69) is 27.4 Å². The molecule has 1 aliphatic heterocycles. The Hall–Kier alpha value is -2.89. The topological polar surface area (TPSA) is 74.3 Å². The van der Waals surface area contributed by atoms with Gasteiger partial charge in [0.2, 0.25) is 0 Å². The van der Waals surface area contributed by atoms with Crippen LogP contribution < -0.4 is 15.5 Å². The van der Waals surface area contributed by atoms with Gasteiger partial charge in [0.05, 0.1) is 0 Å². The molecule has 2 N–H and O–H groups in total. The highest BCUT2D eigenvalue weighted by Gasteiger charge is 2.16. The number of hydrogen-bond donors (Lipinski definition) is 2. The number of rotatable bonds is 5. The second-order valence-electron chi connectivity index (χ2n) is 7.71. The lowest BCUT2D eigenvalue weighted by Crippen LogP contribution is -2.32. The van der Waals surface area contributed by atoms with Crippen LogP contribution >= 0.6 is 0 Å². The number of nitrogens with one attached hydrogen (secondary N) is 2. The fourth-order valence-electron chi connectivity index (χ4n) is 3.24. The summed E-state index contributed by atoms with van der Waals surface area (Å²) in [5.41, 5.74) is 2.33. The monoisotopic (exact) mass is 380 g/mol. The van der Waals surface area contributed by atoms with Crippen LogP contribution in [0.1, 0.15) is 54.6 Å². The lowest BCUT2D eigenvalue weighted by molar-refractivity contribution is 0.0938. The van der Waals surface area contributed by atoms with Gasteiger partial charge in [0.15, 0.2) is 0 Å². The minimum absolute atomic E-state index is 0.00779. The van der Waals surface area contributed by atoms with Gasteiger partial charge in [-0.05, 0) is 69.0 Å². The quantitative estimate of drug-likeness (QED) is 0.829. The minimum atomic E-state index is -0.334. The van der Waals surface area contributed by atoms with Crippen LogP contribution in [-0.4, -0.2) is 35.9 Å². The van der Waals surface area contributed by atoms with E-state index in [0.29, 0.717) is 5.69 Å². The van der Waals surface area contributed by atoms with E-state index in [4.69, 9.17) is 0 Å². The van der Waals surface area contributed by atoms with Crippen LogP contribution in [-0.2, 0) is 0 Å². The Morgan fingerprint density at radius 1 is 1.00 bits per heavy atom. The summed E-state index contributed by atoms with van der Waals surface area (Å²) in [5.74, 6) is 0.171. The van der Waals surface area contributed by atoms with Crippen molar-refractivity contribution in [2.24, 2.45) is 5.92 Å². The molecule has 0 saturated carbocycles. The standard InChI is InChI=1S/C22H28N4O2/c1-15(2)23-21(27)19-5-4-6-20(25-19)22(28)24-17-7-9-18(10-8-17)26-13-11-16(3)12-14-26/h4-10,15-16H,11-14H2,1-3H3,(H,23,27)(H,24,28). The first-order valence-corrected chi connectivity index (χ1v) is 9.86. The summed E-state index contributed by atoms with van der Waals surface area (Å²) >= 11 is 0. The van der Waals surface area contributed by atoms with Crippen molar-refractivity contribution in [3.8, 4) is 0 Å². The SMILES string of the molecule is CC1CCN(c2ccc(NC(=O)c3cccc(C(=O)NC(C)C)n3)cc2)CC1. The molecule has 0 aliphatic carbocycles. The number of amides is 2. The third-order valence-electron chi connectivity index (χ3n) is 4.91. The smallest absolute Gasteiger partial charge is 0.274 e. The van der Waals surface area contributed by atoms with Crippen molar-refractivity contribution in [2.75, 3.05) is 23.3 Å². The molecule has 1 aromatic carbocycles. The molecule has 2 amide bonds. The third-order valence-corrected chi connectivity index (χ3v) is 4.91. The lowest BCUT2D eigenvalue weighted by Gasteiger charge is -2.32. The largest absolute Gasteiger partial charge is 0.372 e. The van der Waals surface area contributed by atoms with E-state index in [1.807, 2.05) is 38.1 Å². The van der Waals surface area contributed by atoms with Crippen LogP contribution in [0.5, 0.6) is 0 Å². The van der Waals surface area contributed by atoms with Crippen LogP contribution in [0.4, 0.5) is 11.4 Å². The number of nitrogens with zero attached hydrogens (tertiary/aromatic N) is 2. The molecule has 0 bridgehead atoms. The Kier molecular flexibility index (Phi) is 6.29. The molecular formula is C22H28N4O2. The van der Waals surface area contributed by atoms with Gasteiger partial charge in [-0.2, -0.15) is 0 Å². The van der Waals surface area contributed by atoms with Crippen LogP contribution in [0.2, 0.25) is 0 Å². The van der Waals surface area contributed by atoms with Gasteiger partial charge in [0.1, 0.15) is 11.4 Å². The Morgan fingerprint density at radius 3 is 2.21 bits per heavy atom. The normalized spacial score (nSPS) is 14.8. The van der Waals surface area contributed by atoms with Gasteiger partial charge in [-0.3, -0.25) is 9.59 Å². The van der Waals surface area contributed by atoms with Gasteiger partial charge in [-0.15, -0.1) is 0 Å². The average molecular weight is 380 g/mol. The Balaban J connectivity index is 1.64. The van der Waals surface area contributed by atoms with E-state index in [1.54, 1.807) is 18.2 Å². The second-order valence-corrected chi connectivity index (χ2v) is 7.71. The van der Waals surface area contributed by atoms with Gasteiger partial charge in [0, 0.05) is 30.5 Å². The summed E-state index contributed by atoms with van der Waals surface area (Å²) in [6.45, 7) is 8.20. The summed E-state index contributed by atoms with van der Waals surface area (Å²) in [4.78, 5) is 31.2. The molecule has 1 fully saturated rings. The van der Waals surface area contributed by atoms with Crippen molar-refractivity contribution in [3.05, 3.63) is 53.9 Å². The maximum absolute atomic E-state index is 12.5. The lowest BCUT2D eigenvalue weighted by atomic mass is 9.99. The number of aromatic nitrogens is 1. The first-order chi connectivity index (χ1) is 13.4. The van der Waals surface area contributed by atoms with E-state index in [0.717, 1.165) is 19.0 Å². The Bertz CT molecular complexity index is 825. The fraction of sp³-hybridized carbons (Fsp3) is 0.409.